The van der Waals surface area contributed by atoms with E-state index in [9.17, 15) is 0 Å². The molecule has 0 aliphatic rings. The van der Waals surface area contributed by atoms with Gasteiger partial charge in [0.25, 0.3) is 0 Å². The Labute approximate surface area is 115 Å². The number of nitrogens with zero attached hydrogens (tertiary/aromatic N) is 2. The molecule has 0 radical (unpaired) electrons. The molecule has 0 aliphatic carbocycles. The average Bonchev–Trinajstić information content (AvgIpc) is 2.18. The molecule has 0 fully saturated rings. The van der Waals surface area contributed by atoms with E-state index in [-0.39, 0.29) is 10.8 Å². The van der Waals surface area contributed by atoms with E-state index in [0.29, 0.717) is 12.1 Å². The topological polar surface area (TPSA) is 24.7 Å². The van der Waals surface area contributed by atoms with Gasteiger partial charge in [0.2, 0.25) is 0 Å². The molecule has 0 N–H and O–H groups in total. The number of azo groups is 1. The van der Waals surface area contributed by atoms with E-state index < -0.39 is 0 Å². The molecule has 0 amide bonds. The van der Waals surface area contributed by atoms with Crippen molar-refractivity contribution in [3.8, 4) is 0 Å². The molecular formula is C16H34N2. The highest BCUT2D eigenvalue weighted by Crippen LogP contribution is 2.30. The van der Waals surface area contributed by atoms with E-state index in [1.807, 2.05) is 0 Å². The van der Waals surface area contributed by atoms with Crippen molar-refractivity contribution in [2.45, 2.75) is 93.2 Å². The van der Waals surface area contributed by atoms with Crippen molar-refractivity contribution in [2.24, 2.45) is 21.1 Å². The minimum absolute atomic E-state index is 0.216. The molecule has 0 saturated carbocycles. The van der Waals surface area contributed by atoms with Gasteiger partial charge in [0, 0.05) is 0 Å². The van der Waals surface area contributed by atoms with Gasteiger partial charge in [-0.05, 0) is 23.7 Å². The number of hydrogen-bond donors (Lipinski definition) is 0. The van der Waals surface area contributed by atoms with Crippen molar-refractivity contribution >= 4 is 0 Å². The molecule has 2 atom stereocenters. The van der Waals surface area contributed by atoms with Crippen LogP contribution in [0.3, 0.4) is 0 Å². The summed E-state index contributed by atoms with van der Waals surface area (Å²) >= 11 is 0. The molecular weight excluding hydrogens is 220 g/mol. The highest BCUT2D eigenvalue weighted by Gasteiger charge is 2.26. The molecule has 0 aromatic rings. The summed E-state index contributed by atoms with van der Waals surface area (Å²) in [6.07, 6.45) is 4.62. The Kier molecular flexibility index (Phi) is 7.09. The minimum Gasteiger partial charge on any atom is -0.190 e. The molecule has 0 aromatic carbocycles. The zero-order valence-corrected chi connectivity index (χ0v) is 13.9. The maximum absolute atomic E-state index is 4.70. The third-order valence-electron chi connectivity index (χ3n) is 3.47. The first-order valence-corrected chi connectivity index (χ1v) is 7.52. The zero-order chi connectivity index (χ0) is 14.4. The Morgan fingerprint density at radius 3 is 1.11 bits per heavy atom. The summed E-state index contributed by atoms with van der Waals surface area (Å²) in [5, 5.41) is 9.39. The van der Waals surface area contributed by atoms with Crippen LogP contribution in [0.15, 0.2) is 10.2 Å². The van der Waals surface area contributed by atoms with E-state index >= 15 is 0 Å². The summed E-state index contributed by atoms with van der Waals surface area (Å²) in [6, 6.07) is 0.702. The van der Waals surface area contributed by atoms with Crippen molar-refractivity contribution in [3.05, 3.63) is 0 Å². The van der Waals surface area contributed by atoms with Crippen LogP contribution < -0.4 is 0 Å². The molecule has 0 spiro atoms. The predicted molar refractivity (Wildman–Crippen MR) is 81.2 cm³/mol. The van der Waals surface area contributed by atoms with Crippen LogP contribution in [0.5, 0.6) is 0 Å². The molecule has 0 rings (SSSR count). The zero-order valence-electron chi connectivity index (χ0n) is 13.9. The van der Waals surface area contributed by atoms with Gasteiger partial charge < -0.3 is 0 Å². The van der Waals surface area contributed by atoms with Crippen LogP contribution in [0.2, 0.25) is 0 Å². The van der Waals surface area contributed by atoms with Crippen LogP contribution in [0.25, 0.3) is 0 Å². The van der Waals surface area contributed by atoms with E-state index in [0.717, 1.165) is 12.8 Å². The molecule has 2 heteroatoms. The Balaban J connectivity index is 4.81. The SMILES string of the molecule is CCCC(N=NC(CCC)C(C)(C)C)C(C)(C)C. The summed E-state index contributed by atoms with van der Waals surface area (Å²) in [6.45, 7) is 18.0. The standard InChI is InChI=1S/C16H34N2/c1-9-11-13(15(3,4)5)17-18-14(12-10-2)16(6,7)8/h13-14H,9-12H2,1-8H3. The second-order valence-electron chi connectivity index (χ2n) is 7.57. The van der Waals surface area contributed by atoms with Crippen molar-refractivity contribution in [2.75, 3.05) is 0 Å². The first kappa shape index (κ1) is 17.6. The van der Waals surface area contributed by atoms with Crippen molar-refractivity contribution < 1.29 is 0 Å². The fourth-order valence-electron chi connectivity index (χ4n) is 2.04. The summed E-state index contributed by atoms with van der Waals surface area (Å²) in [5.41, 5.74) is 0.433. The largest absolute Gasteiger partial charge is 0.190 e. The lowest BCUT2D eigenvalue weighted by Crippen LogP contribution is -2.27. The fourth-order valence-corrected chi connectivity index (χ4v) is 2.04. The molecule has 2 unspecified atom stereocenters. The van der Waals surface area contributed by atoms with Gasteiger partial charge in [-0.25, -0.2) is 0 Å². The Hall–Kier alpha value is -0.400. The lowest BCUT2D eigenvalue weighted by molar-refractivity contribution is 0.261. The number of hydrogen-bond acceptors (Lipinski definition) is 2. The Bertz CT molecular complexity index is 217. The molecule has 18 heavy (non-hydrogen) atoms. The monoisotopic (exact) mass is 254 g/mol. The van der Waals surface area contributed by atoms with Crippen molar-refractivity contribution in [1.82, 2.24) is 0 Å². The molecule has 0 saturated heterocycles. The second-order valence-corrected chi connectivity index (χ2v) is 7.57. The summed E-state index contributed by atoms with van der Waals surface area (Å²) < 4.78 is 0. The highest BCUT2D eigenvalue weighted by atomic mass is 15.1. The van der Waals surface area contributed by atoms with E-state index in [4.69, 9.17) is 10.2 Å². The van der Waals surface area contributed by atoms with Crippen LogP contribution in [-0.2, 0) is 0 Å². The predicted octanol–water partition coefficient (Wildman–Crippen LogP) is 5.87. The second kappa shape index (κ2) is 7.25. The van der Waals surface area contributed by atoms with Crippen LogP contribution in [0.4, 0.5) is 0 Å². The van der Waals surface area contributed by atoms with Gasteiger partial charge in [0.1, 0.15) is 0 Å². The maximum atomic E-state index is 4.70. The van der Waals surface area contributed by atoms with Crippen LogP contribution in [0.1, 0.15) is 81.1 Å². The van der Waals surface area contributed by atoms with Gasteiger partial charge in [0.05, 0.1) is 12.1 Å². The lowest BCUT2D eigenvalue weighted by Gasteiger charge is -2.29. The molecule has 0 aromatic heterocycles. The first-order chi connectivity index (χ1) is 8.12. The van der Waals surface area contributed by atoms with Crippen LogP contribution >= 0.6 is 0 Å². The number of rotatable bonds is 6. The van der Waals surface area contributed by atoms with Crippen LogP contribution in [0, 0.1) is 10.8 Å². The third-order valence-corrected chi connectivity index (χ3v) is 3.47. The molecule has 0 bridgehead atoms. The molecule has 108 valence electrons. The van der Waals surface area contributed by atoms with Gasteiger partial charge in [0.15, 0.2) is 0 Å². The highest BCUT2D eigenvalue weighted by molar-refractivity contribution is 4.82. The van der Waals surface area contributed by atoms with E-state index in [2.05, 4.69) is 55.4 Å². The third kappa shape index (κ3) is 6.51. The minimum atomic E-state index is 0.216. The summed E-state index contributed by atoms with van der Waals surface area (Å²) in [4.78, 5) is 0. The quantitative estimate of drug-likeness (QED) is 0.530. The summed E-state index contributed by atoms with van der Waals surface area (Å²) in [7, 11) is 0. The normalized spacial score (nSPS) is 17.1. The van der Waals surface area contributed by atoms with E-state index in [1.165, 1.54) is 12.8 Å². The maximum Gasteiger partial charge on any atom is 0.0756 e. The molecule has 0 heterocycles. The fraction of sp³-hybridized carbons (Fsp3) is 1.00. The average molecular weight is 254 g/mol. The smallest absolute Gasteiger partial charge is 0.0756 e. The van der Waals surface area contributed by atoms with Gasteiger partial charge in [-0.2, -0.15) is 10.2 Å². The van der Waals surface area contributed by atoms with Gasteiger partial charge in [-0.1, -0.05) is 68.2 Å². The van der Waals surface area contributed by atoms with Gasteiger partial charge in [-0.3, -0.25) is 0 Å². The van der Waals surface area contributed by atoms with Crippen LogP contribution in [-0.4, -0.2) is 12.1 Å². The van der Waals surface area contributed by atoms with E-state index in [1.54, 1.807) is 0 Å². The van der Waals surface area contributed by atoms with Crippen molar-refractivity contribution in [1.29, 1.82) is 0 Å². The lowest BCUT2D eigenvalue weighted by atomic mass is 9.84. The summed E-state index contributed by atoms with van der Waals surface area (Å²) in [5.74, 6) is 0. The Morgan fingerprint density at radius 2 is 0.944 bits per heavy atom. The first-order valence-electron chi connectivity index (χ1n) is 7.52. The van der Waals surface area contributed by atoms with Gasteiger partial charge in [-0.15, -0.1) is 0 Å². The molecule has 0 aliphatic heterocycles. The Morgan fingerprint density at radius 1 is 0.667 bits per heavy atom. The van der Waals surface area contributed by atoms with Crippen molar-refractivity contribution in [3.63, 3.8) is 0 Å². The van der Waals surface area contributed by atoms with Gasteiger partial charge >= 0.3 is 0 Å². The molecule has 2 nitrogen and oxygen atoms in total.